The number of halogens is 1. The Balaban J connectivity index is 0.00000264. The molecule has 0 spiro atoms. The van der Waals surface area contributed by atoms with Gasteiger partial charge in [-0.15, -0.1) is 12.4 Å². The minimum Gasteiger partial charge on any atom is -0.369 e. The van der Waals surface area contributed by atoms with Gasteiger partial charge in [-0.25, -0.2) is 4.99 Å². The predicted molar refractivity (Wildman–Crippen MR) is 97.7 cm³/mol. The molecule has 0 atom stereocenters. The lowest BCUT2D eigenvalue weighted by atomic mass is 10.0. The molecule has 0 saturated carbocycles. The van der Waals surface area contributed by atoms with Crippen LogP contribution in [0.5, 0.6) is 0 Å². The third-order valence-electron chi connectivity index (χ3n) is 3.36. The number of aliphatic imine (C=N–C) groups is 1. The van der Waals surface area contributed by atoms with Crippen LogP contribution >= 0.6 is 12.4 Å². The molecule has 2 aromatic carbocycles. The molecule has 0 fully saturated rings. The van der Waals surface area contributed by atoms with Crippen molar-refractivity contribution in [3.8, 4) is 0 Å². The summed E-state index contributed by atoms with van der Waals surface area (Å²) in [6.45, 7) is 6.24. The van der Waals surface area contributed by atoms with Crippen molar-refractivity contribution in [1.82, 2.24) is 5.32 Å². The van der Waals surface area contributed by atoms with Gasteiger partial charge >= 0.3 is 0 Å². The van der Waals surface area contributed by atoms with Crippen molar-refractivity contribution in [3.05, 3.63) is 65.2 Å². The number of carbonyl (C=O) groups is 1. The summed E-state index contributed by atoms with van der Waals surface area (Å²) >= 11 is 0. The van der Waals surface area contributed by atoms with E-state index in [1.54, 1.807) is 12.1 Å². The van der Waals surface area contributed by atoms with E-state index in [4.69, 9.17) is 5.73 Å². The topological polar surface area (TPSA) is 67.5 Å². The van der Waals surface area contributed by atoms with Gasteiger partial charge in [0.05, 0.1) is 5.69 Å². The average Bonchev–Trinajstić information content (AvgIpc) is 2.48. The van der Waals surface area contributed by atoms with Crippen LogP contribution in [-0.2, 0) is 0 Å². The maximum atomic E-state index is 12.0. The molecule has 2 rings (SSSR count). The zero-order chi connectivity index (χ0) is 16.1. The van der Waals surface area contributed by atoms with Gasteiger partial charge in [0, 0.05) is 5.56 Å². The van der Waals surface area contributed by atoms with Gasteiger partial charge in [0.15, 0.2) is 0 Å². The van der Waals surface area contributed by atoms with Gasteiger partial charge in [0.2, 0.25) is 5.96 Å². The lowest BCUT2D eigenvalue weighted by Gasteiger charge is -2.06. The van der Waals surface area contributed by atoms with Gasteiger partial charge in [-0.1, -0.05) is 43.7 Å². The number of benzene rings is 2. The number of hydrogen-bond donors (Lipinski definition) is 2. The molecule has 0 aliphatic rings. The van der Waals surface area contributed by atoms with Crippen LogP contribution in [0.25, 0.3) is 0 Å². The molecule has 3 N–H and O–H groups in total. The molecular formula is C18H22ClN3O. The van der Waals surface area contributed by atoms with Crippen LogP contribution < -0.4 is 11.1 Å². The first-order valence-corrected chi connectivity index (χ1v) is 7.28. The van der Waals surface area contributed by atoms with E-state index < -0.39 is 0 Å². The van der Waals surface area contributed by atoms with Gasteiger partial charge in [0.1, 0.15) is 0 Å². The summed E-state index contributed by atoms with van der Waals surface area (Å²) in [5.41, 5.74) is 9.40. The number of aryl methyl sites for hydroxylation is 1. The SMILES string of the molecule is Cc1ccc(C(=O)NC(N)=Nc2ccc(C(C)C)cc2)cc1.Cl. The fourth-order valence-corrected chi connectivity index (χ4v) is 1.99. The number of nitrogens with one attached hydrogen (secondary N) is 1. The molecule has 1 amide bonds. The van der Waals surface area contributed by atoms with Crippen molar-refractivity contribution in [1.29, 1.82) is 0 Å². The fraction of sp³-hybridized carbons (Fsp3) is 0.222. The lowest BCUT2D eigenvalue weighted by Crippen LogP contribution is -2.36. The van der Waals surface area contributed by atoms with Crippen molar-refractivity contribution in [2.24, 2.45) is 10.7 Å². The second-order valence-electron chi connectivity index (χ2n) is 5.56. The molecule has 0 unspecified atom stereocenters. The predicted octanol–water partition coefficient (Wildman–Crippen LogP) is 3.92. The third-order valence-corrected chi connectivity index (χ3v) is 3.36. The fourth-order valence-electron chi connectivity index (χ4n) is 1.99. The maximum absolute atomic E-state index is 12.0. The monoisotopic (exact) mass is 331 g/mol. The highest BCUT2D eigenvalue weighted by molar-refractivity contribution is 6.05. The molecule has 2 aromatic rings. The zero-order valence-corrected chi connectivity index (χ0v) is 14.4. The first kappa shape index (κ1) is 18.7. The van der Waals surface area contributed by atoms with E-state index in [-0.39, 0.29) is 24.3 Å². The number of rotatable bonds is 3. The average molecular weight is 332 g/mol. The van der Waals surface area contributed by atoms with Crippen LogP contribution in [0.3, 0.4) is 0 Å². The quantitative estimate of drug-likeness (QED) is 0.661. The van der Waals surface area contributed by atoms with E-state index in [1.165, 1.54) is 5.56 Å². The lowest BCUT2D eigenvalue weighted by molar-refractivity contribution is 0.0976. The molecule has 5 heteroatoms. The van der Waals surface area contributed by atoms with Gasteiger partial charge in [-0.2, -0.15) is 0 Å². The van der Waals surface area contributed by atoms with Crippen LogP contribution in [0.4, 0.5) is 5.69 Å². The Labute approximate surface area is 143 Å². The summed E-state index contributed by atoms with van der Waals surface area (Å²) in [5.74, 6) is 0.291. The maximum Gasteiger partial charge on any atom is 0.257 e. The molecule has 4 nitrogen and oxygen atoms in total. The molecule has 0 bridgehead atoms. The van der Waals surface area contributed by atoms with Gasteiger partial charge in [-0.3, -0.25) is 10.1 Å². The largest absolute Gasteiger partial charge is 0.369 e. The molecule has 0 heterocycles. The highest BCUT2D eigenvalue weighted by atomic mass is 35.5. The van der Waals surface area contributed by atoms with E-state index >= 15 is 0 Å². The Morgan fingerprint density at radius 3 is 2.13 bits per heavy atom. The Kier molecular flexibility index (Phi) is 6.79. The minimum absolute atomic E-state index is 0. The van der Waals surface area contributed by atoms with Crippen LogP contribution in [0.1, 0.15) is 41.3 Å². The highest BCUT2D eigenvalue weighted by Gasteiger charge is 2.06. The van der Waals surface area contributed by atoms with E-state index in [9.17, 15) is 4.79 Å². The number of amides is 1. The minimum atomic E-state index is -0.264. The van der Waals surface area contributed by atoms with Crippen LogP contribution in [0, 0.1) is 6.92 Å². The molecule has 122 valence electrons. The second-order valence-corrected chi connectivity index (χ2v) is 5.56. The Bertz CT molecular complexity index is 676. The molecule has 0 aliphatic carbocycles. The summed E-state index contributed by atoms with van der Waals surface area (Å²) in [6, 6.07) is 15.1. The first-order valence-electron chi connectivity index (χ1n) is 7.28. The Morgan fingerprint density at radius 1 is 1.04 bits per heavy atom. The normalized spacial score (nSPS) is 11.0. The number of hydrogen-bond acceptors (Lipinski definition) is 2. The standard InChI is InChI=1S/C18H21N3O.ClH/c1-12(2)14-8-10-16(11-9-14)20-18(19)21-17(22)15-6-4-13(3)5-7-15;/h4-12H,1-3H3,(H3,19,20,21,22);1H. The smallest absolute Gasteiger partial charge is 0.257 e. The van der Waals surface area contributed by atoms with Gasteiger partial charge in [0.25, 0.3) is 5.91 Å². The van der Waals surface area contributed by atoms with Crippen molar-refractivity contribution < 1.29 is 4.79 Å². The summed E-state index contributed by atoms with van der Waals surface area (Å²) in [6.07, 6.45) is 0. The molecule has 0 radical (unpaired) electrons. The Morgan fingerprint density at radius 2 is 1.61 bits per heavy atom. The number of nitrogens with zero attached hydrogens (tertiary/aromatic N) is 1. The van der Waals surface area contributed by atoms with Crippen LogP contribution in [-0.4, -0.2) is 11.9 Å². The zero-order valence-electron chi connectivity index (χ0n) is 13.5. The molecule has 23 heavy (non-hydrogen) atoms. The number of guanidine groups is 1. The van der Waals surface area contributed by atoms with Gasteiger partial charge < -0.3 is 5.73 Å². The molecule has 0 aromatic heterocycles. The third kappa shape index (κ3) is 5.42. The molecular weight excluding hydrogens is 310 g/mol. The molecule has 0 saturated heterocycles. The summed E-state index contributed by atoms with van der Waals surface area (Å²) in [5, 5.41) is 2.59. The van der Waals surface area contributed by atoms with Gasteiger partial charge in [-0.05, 0) is 42.7 Å². The van der Waals surface area contributed by atoms with Crippen LogP contribution in [0.2, 0.25) is 0 Å². The van der Waals surface area contributed by atoms with Crippen LogP contribution in [0.15, 0.2) is 53.5 Å². The molecule has 0 aliphatic heterocycles. The summed E-state index contributed by atoms with van der Waals surface area (Å²) < 4.78 is 0. The highest BCUT2D eigenvalue weighted by Crippen LogP contribution is 2.18. The van der Waals surface area contributed by atoms with Crippen molar-refractivity contribution >= 4 is 30.0 Å². The number of carbonyl (C=O) groups excluding carboxylic acids is 1. The summed E-state index contributed by atoms with van der Waals surface area (Å²) in [7, 11) is 0. The van der Waals surface area contributed by atoms with Crippen molar-refractivity contribution in [2.75, 3.05) is 0 Å². The second kappa shape index (κ2) is 8.34. The van der Waals surface area contributed by atoms with E-state index in [1.807, 2.05) is 43.3 Å². The summed E-state index contributed by atoms with van der Waals surface area (Å²) in [4.78, 5) is 16.2. The first-order chi connectivity index (χ1) is 10.5. The van der Waals surface area contributed by atoms with E-state index in [2.05, 4.69) is 24.2 Å². The Hall–Kier alpha value is -2.33. The van der Waals surface area contributed by atoms with Crippen molar-refractivity contribution in [3.63, 3.8) is 0 Å². The van der Waals surface area contributed by atoms with E-state index in [0.717, 1.165) is 5.56 Å². The number of nitrogens with two attached hydrogens (primary N) is 1. The van der Waals surface area contributed by atoms with Crippen molar-refractivity contribution in [2.45, 2.75) is 26.7 Å². The van der Waals surface area contributed by atoms with E-state index in [0.29, 0.717) is 17.2 Å².